The van der Waals surface area contributed by atoms with Crippen molar-refractivity contribution in [2.75, 3.05) is 18.6 Å². The molecule has 1 atom stereocenters. The Bertz CT molecular complexity index is 1110. The van der Waals surface area contributed by atoms with Crippen molar-refractivity contribution in [3.8, 4) is 11.5 Å². The molecule has 1 aliphatic rings. The third-order valence-corrected chi connectivity index (χ3v) is 7.10. The second-order valence-corrected chi connectivity index (χ2v) is 9.65. The van der Waals surface area contributed by atoms with E-state index in [1.54, 1.807) is 18.1 Å². The topological polar surface area (TPSA) is 67.9 Å². The third-order valence-electron chi connectivity index (χ3n) is 6.22. The predicted octanol–water partition coefficient (Wildman–Crippen LogP) is 5.53. The van der Waals surface area contributed by atoms with Crippen molar-refractivity contribution in [2.45, 2.75) is 51.1 Å². The summed E-state index contributed by atoms with van der Waals surface area (Å²) < 4.78 is 11.0. The summed E-state index contributed by atoms with van der Waals surface area (Å²) in [5, 5.41) is 5.17. The van der Waals surface area contributed by atoms with Gasteiger partial charge in [0.05, 0.1) is 20.1 Å². The number of ether oxygens (including phenoxy) is 2. The number of rotatable bonds is 10. The quantitative estimate of drug-likeness (QED) is 0.404. The number of thiophene rings is 1. The summed E-state index contributed by atoms with van der Waals surface area (Å²) in [4.78, 5) is 30.2. The van der Waals surface area contributed by atoms with Crippen LogP contribution in [-0.4, -0.2) is 31.6 Å². The highest BCUT2D eigenvalue weighted by Crippen LogP contribution is 2.33. The minimum atomic E-state index is -0.828. The minimum absolute atomic E-state index is 0.132. The average molecular weight is 493 g/mol. The van der Waals surface area contributed by atoms with E-state index in [4.69, 9.17) is 9.47 Å². The van der Waals surface area contributed by atoms with Crippen molar-refractivity contribution in [3.05, 3.63) is 76.5 Å². The smallest absolute Gasteiger partial charge is 0.248 e. The van der Waals surface area contributed by atoms with Gasteiger partial charge >= 0.3 is 0 Å². The van der Waals surface area contributed by atoms with E-state index in [-0.39, 0.29) is 24.3 Å². The molecule has 184 valence electrons. The summed E-state index contributed by atoms with van der Waals surface area (Å²) in [5.74, 6) is 1.02. The lowest BCUT2D eigenvalue weighted by atomic mass is 10.0. The number of anilines is 1. The number of amides is 2. The highest BCUT2D eigenvalue weighted by atomic mass is 32.1. The van der Waals surface area contributed by atoms with E-state index in [1.807, 2.05) is 66.9 Å². The van der Waals surface area contributed by atoms with Gasteiger partial charge in [0.25, 0.3) is 0 Å². The maximum atomic E-state index is 13.8. The number of methoxy groups -OCH3 is 1. The normalized spacial score (nSPS) is 14.3. The van der Waals surface area contributed by atoms with Gasteiger partial charge in [-0.25, -0.2) is 0 Å². The number of carbonyl (C=O) groups excluding carboxylic acids is 2. The van der Waals surface area contributed by atoms with Crippen LogP contribution >= 0.6 is 11.3 Å². The van der Waals surface area contributed by atoms with Crippen LogP contribution in [0.25, 0.3) is 0 Å². The van der Waals surface area contributed by atoms with Crippen molar-refractivity contribution >= 4 is 28.8 Å². The van der Waals surface area contributed by atoms with Gasteiger partial charge in [-0.05, 0) is 61.0 Å². The lowest BCUT2D eigenvalue weighted by molar-refractivity contribution is -0.127. The summed E-state index contributed by atoms with van der Waals surface area (Å²) in [6.07, 6.45) is 4.35. The SMILES string of the molecule is CCOc1ccc(C(C(=O)NC2CCCC2)N(C(=O)Cc2cccs2)c2cccc(OC)c2)cc1. The lowest BCUT2D eigenvalue weighted by Gasteiger charge is -2.32. The monoisotopic (exact) mass is 492 g/mol. The zero-order valence-electron chi connectivity index (χ0n) is 20.2. The summed E-state index contributed by atoms with van der Waals surface area (Å²) in [5.41, 5.74) is 1.35. The molecule has 2 aromatic carbocycles. The Labute approximate surface area is 210 Å². The number of hydrogen-bond donors (Lipinski definition) is 1. The van der Waals surface area contributed by atoms with Crippen LogP contribution in [0.4, 0.5) is 5.69 Å². The second-order valence-electron chi connectivity index (χ2n) is 8.62. The molecule has 1 aliphatic carbocycles. The third kappa shape index (κ3) is 6.22. The molecule has 7 heteroatoms. The summed E-state index contributed by atoms with van der Waals surface area (Å²) in [7, 11) is 1.59. The molecule has 1 heterocycles. The first-order valence-electron chi connectivity index (χ1n) is 12.1. The molecule has 1 N–H and O–H groups in total. The van der Waals surface area contributed by atoms with E-state index >= 15 is 0 Å². The van der Waals surface area contributed by atoms with Crippen LogP contribution in [0.2, 0.25) is 0 Å². The van der Waals surface area contributed by atoms with Gasteiger partial charge in [0, 0.05) is 22.7 Å². The van der Waals surface area contributed by atoms with Gasteiger partial charge in [-0.1, -0.05) is 37.1 Å². The highest BCUT2D eigenvalue weighted by molar-refractivity contribution is 7.10. The Kier molecular flexibility index (Phi) is 8.42. The first-order valence-corrected chi connectivity index (χ1v) is 13.0. The molecule has 0 bridgehead atoms. The van der Waals surface area contributed by atoms with Crippen LogP contribution in [0.3, 0.4) is 0 Å². The molecular weight excluding hydrogens is 460 g/mol. The molecule has 1 fully saturated rings. The fraction of sp³-hybridized carbons (Fsp3) is 0.357. The van der Waals surface area contributed by atoms with Crippen LogP contribution in [0.1, 0.15) is 49.1 Å². The van der Waals surface area contributed by atoms with Crippen molar-refractivity contribution in [1.29, 1.82) is 0 Å². The van der Waals surface area contributed by atoms with Gasteiger partial charge in [-0.15, -0.1) is 11.3 Å². The maximum Gasteiger partial charge on any atom is 0.248 e. The first-order chi connectivity index (χ1) is 17.1. The Hall–Kier alpha value is -3.32. The van der Waals surface area contributed by atoms with Crippen molar-refractivity contribution in [3.63, 3.8) is 0 Å². The Morgan fingerprint density at radius 1 is 1.06 bits per heavy atom. The number of nitrogens with zero attached hydrogens (tertiary/aromatic N) is 1. The molecular formula is C28H32N2O4S. The van der Waals surface area contributed by atoms with Crippen LogP contribution < -0.4 is 19.7 Å². The van der Waals surface area contributed by atoms with E-state index < -0.39 is 6.04 Å². The van der Waals surface area contributed by atoms with Gasteiger partial charge in [0.15, 0.2) is 0 Å². The molecule has 6 nitrogen and oxygen atoms in total. The summed E-state index contributed by atoms with van der Waals surface area (Å²) in [6.45, 7) is 2.49. The van der Waals surface area contributed by atoms with Crippen LogP contribution in [0.15, 0.2) is 66.0 Å². The van der Waals surface area contributed by atoms with Crippen molar-refractivity contribution < 1.29 is 19.1 Å². The van der Waals surface area contributed by atoms with E-state index in [2.05, 4.69) is 5.32 Å². The van der Waals surface area contributed by atoms with E-state index in [0.29, 0.717) is 18.0 Å². The highest BCUT2D eigenvalue weighted by Gasteiger charge is 2.34. The Balaban J connectivity index is 1.76. The van der Waals surface area contributed by atoms with E-state index in [9.17, 15) is 9.59 Å². The summed E-state index contributed by atoms with van der Waals surface area (Å²) in [6, 6.07) is 17.9. The van der Waals surface area contributed by atoms with Gasteiger partial charge in [0.1, 0.15) is 17.5 Å². The molecule has 0 aliphatic heterocycles. The molecule has 2 amide bonds. The number of nitrogens with one attached hydrogen (secondary N) is 1. The number of carbonyl (C=O) groups is 2. The van der Waals surface area contributed by atoms with Crippen molar-refractivity contribution in [2.24, 2.45) is 0 Å². The molecule has 35 heavy (non-hydrogen) atoms. The minimum Gasteiger partial charge on any atom is -0.497 e. The summed E-state index contributed by atoms with van der Waals surface area (Å²) >= 11 is 1.53. The molecule has 1 aromatic heterocycles. The van der Waals surface area contributed by atoms with Crippen molar-refractivity contribution in [1.82, 2.24) is 5.32 Å². The first kappa shape index (κ1) is 24.8. The van der Waals surface area contributed by atoms with Gasteiger partial charge in [0.2, 0.25) is 11.8 Å². The zero-order chi connectivity index (χ0) is 24.6. The fourth-order valence-corrected chi connectivity index (χ4v) is 5.22. The van der Waals surface area contributed by atoms with Crippen LogP contribution in [-0.2, 0) is 16.0 Å². The number of hydrogen-bond acceptors (Lipinski definition) is 5. The van der Waals surface area contributed by atoms with Gasteiger partial charge < -0.3 is 14.8 Å². The zero-order valence-corrected chi connectivity index (χ0v) is 21.1. The lowest BCUT2D eigenvalue weighted by Crippen LogP contribution is -2.46. The molecule has 3 aromatic rings. The van der Waals surface area contributed by atoms with Gasteiger partial charge in [-0.3, -0.25) is 14.5 Å². The number of benzene rings is 2. The molecule has 0 saturated heterocycles. The molecule has 0 spiro atoms. The standard InChI is InChI=1S/C28H32N2O4S/c1-3-34-23-15-13-20(14-16-23)27(28(32)29-21-8-4-5-9-21)30(22-10-6-11-24(18-22)33-2)26(31)19-25-12-7-17-35-25/h6-7,10-18,21,27H,3-5,8-9,19H2,1-2H3,(H,29,32). The van der Waals surface area contributed by atoms with E-state index in [0.717, 1.165) is 41.9 Å². The van der Waals surface area contributed by atoms with E-state index in [1.165, 1.54) is 11.3 Å². The maximum absolute atomic E-state index is 13.8. The molecule has 1 unspecified atom stereocenters. The van der Waals surface area contributed by atoms with Crippen LogP contribution in [0, 0.1) is 0 Å². The average Bonchev–Trinajstić information content (AvgIpc) is 3.58. The second kappa shape index (κ2) is 11.9. The van der Waals surface area contributed by atoms with Crippen LogP contribution in [0.5, 0.6) is 11.5 Å². The Morgan fingerprint density at radius 2 is 1.83 bits per heavy atom. The molecule has 0 radical (unpaired) electrons. The molecule has 1 saturated carbocycles. The molecule has 4 rings (SSSR count). The van der Waals surface area contributed by atoms with Gasteiger partial charge in [-0.2, -0.15) is 0 Å². The largest absolute Gasteiger partial charge is 0.497 e. The Morgan fingerprint density at radius 3 is 2.49 bits per heavy atom. The fourth-order valence-electron chi connectivity index (χ4n) is 4.53. The predicted molar refractivity (Wildman–Crippen MR) is 139 cm³/mol.